The normalized spacial score (nSPS) is 20.5. The molecule has 2 amide bonds. The van der Waals surface area contributed by atoms with E-state index >= 15 is 0 Å². The fraction of sp³-hybridized carbons (Fsp3) is 0.650. The van der Waals surface area contributed by atoms with Gasteiger partial charge in [-0.15, -0.1) is 0 Å². The van der Waals surface area contributed by atoms with Gasteiger partial charge in [0.15, 0.2) is 0 Å². The van der Waals surface area contributed by atoms with Crippen LogP contribution < -0.4 is 4.74 Å². The van der Waals surface area contributed by atoms with E-state index in [9.17, 15) is 22.8 Å². The highest BCUT2D eigenvalue weighted by atomic mass is 19.4. The molecule has 2 aliphatic heterocycles. The van der Waals surface area contributed by atoms with Crippen LogP contribution in [0.15, 0.2) is 18.2 Å². The van der Waals surface area contributed by atoms with Crippen molar-refractivity contribution < 1.29 is 32.2 Å². The molecule has 0 N–H and O–H groups in total. The Morgan fingerprint density at radius 3 is 2.43 bits per heavy atom. The zero-order chi connectivity index (χ0) is 22.1. The number of rotatable bonds is 3. The molecule has 0 spiro atoms. The SMILES string of the molecule is CC(C)(C)OC(=O)N1CCCC(C(=O)N2CC(Oc3cccc(C(F)(F)F)n3)C2)C1. The fourth-order valence-electron chi connectivity index (χ4n) is 3.43. The molecule has 1 unspecified atom stereocenters. The Balaban J connectivity index is 1.50. The van der Waals surface area contributed by atoms with E-state index in [1.165, 1.54) is 12.1 Å². The number of hydrogen-bond acceptors (Lipinski definition) is 5. The second kappa shape index (κ2) is 8.31. The number of pyridine rings is 1. The van der Waals surface area contributed by atoms with Crippen molar-refractivity contribution in [1.29, 1.82) is 0 Å². The monoisotopic (exact) mass is 429 g/mol. The van der Waals surface area contributed by atoms with Gasteiger partial charge in [0, 0.05) is 19.2 Å². The number of amides is 2. The highest BCUT2D eigenvalue weighted by molar-refractivity contribution is 5.81. The Labute approximate surface area is 173 Å². The van der Waals surface area contributed by atoms with Crippen molar-refractivity contribution >= 4 is 12.0 Å². The third kappa shape index (κ3) is 5.54. The number of aromatic nitrogens is 1. The Morgan fingerprint density at radius 1 is 1.10 bits per heavy atom. The lowest BCUT2D eigenvalue weighted by molar-refractivity contribution is -0.146. The molecule has 1 atom stereocenters. The van der Waals surface area contributed by atoms with E-state index in [2.05, 4.69) is 4.98 Å². The summed E-state index contributed by atoms with van der Waals surface area (Å²) in [5.41, 5.74) is -1.62. The van der Waals surface area contributed by atoms with Gasteiger partial charge in [0.25, 0.3) is 0 Å². The molecule has 2 fully saturated rings. The van der Waals surface area contributed by atoms with Gasteiger partial charge in [-0.3, -0.25) is 4.79 Å². The number of piperidine rings is 1. The largest absolute Gasteiger partial charge is 0.471 e. The Morgan fingerprint density at radius 2 is 1.80 bits per heavy atom. The summed E-state index contributed by atoms with van der Waals surface area (Å²) in [5.74, 6) is -0.519. The molecule has 3 rings (SSSR count). The van der Waals surface area contributed by atoms with Crippen LogP contribution in [0.1, 0.15) is 39.3 Å². The molecule has 1 aromatic heterocycles. The summed E-state index contributed by atoms with van der Waals surface area (Å²) in [6, 6.07) is 3.47. The van der Waals surface area contributed by atoms with Gasteiger partial charge in [0.1, 0.15) is 17.4 Å². The third-order valence-corrected chi connectivity index (χ3v) is 4.88. The first-order valence-electron chi connectivity index (χ1n) is 9.90. The van der Waals surface area contributed by atoms with Gasteiger partial charge in [-0.1, -0.05) is 6.07 Å². The van der Waals surface area contributed by atoms with Crippen LogP contribution in [-0.4, -0.2) is 64.7 Å². The molecular weight excluding hydrogens is 403 g/mol. The lowest BCUT2D eigenvalue weighted by atomic mass is 9.95. The van der Waals surface area contributed by atoms with Crippen LogP contribution in [0.5, 0.6) is 5.88 Å². The lowest BCUT2D eigenvalue weighted by Crippen LogP contribution is -2.59. The first kappa shape index (κ1) is 22.2. The van der Waals surface area contributed by atoms with Crippen LogP contribution in [0.4, 0.5) is 18.0 Å². The average molecular weight is 429 g/mol. The van der Waals surface area contributed by atoms with E-state index in [-0.39, 0.29) is 30.8 Å². The van der Waals surface area contributed by atoms with Gasteiger partial charge in [-0.05, 0) is 39.7 Å². The quantitative estimate of drug-likeness (QED) is 0.737. The predicted octanol–water partition coefficient (Wildman–Crippen LogP) is 3.34. The summed E-state index contributed by atoms with van der Waals surface area (Å²) >= 11 is 0. The Hall–Kier alpha value is -2.52. The summed E-state index contributed by atoms with van der Waals surface area (Å²) in [6.45, 7) is 6.76. The highest BCUT2D eigenvalue weighted by Crippen LogP contribution is 2.29. The molecule has 0 aliphatic carbocycles. The van der Waals surface area contributed by atoms with Crippen LogP contribution in [0.3, 0.4) is 0 Å². The van der Waals surface area contributed by atoms with Gasteiger partial charge in [-0.25, -0.2) is 9.78 Å². The maximum atomic E-state index is 12.7. The number of likely N-dealkylation sites (tertiary alicyclic amines) is 2. The summed E-state index contributed by atoms with van der Waals surface area (Å²) in [7, 11) is 0. The first-order valence-corrected chi connectivity index (χ1v) is 9.90. The van der Waals surface area contributed by atoms with Gasteiger partial charge in [-0.2, -0.15) is 13.2 Å². The standard InChI is InChI=1S/C20H26F3N3O4/c1-19(2,3)30-18(28)25-9-5-6-13(10-25)17(27)26-11-14(12-26)29-16-8-4-7-15(24-16)20(21,22)23/h4,7-8,13-14H,5-6,9-12H2,1-3H3. The van der Waals surface area contributed by atoms with E-state index in [1.807, 2.05) is 0 Å². The minimum atomic E-state index is -4.54. The van der Waals surface area contributed by atoms with Crippen molar-refractivity contribution in [1.82, 2.24) is 14.8 Å². The van der Waals surface area contributed by atoms with Crippen LogP contribution >= 0.6 is 0 Å². The van der Waals surface area contributed by atoms with Crippen LogP contribution in [-0.2, 0) is 15.7 Å². The maximum Gasteiger partial charge on any atom is 0.433 e. The second-order valence-electron chi connectivity index (χ2n) is 8.61. The van der Waals surface area contributed by atoms with Crippen molar-refractivity contribution in [3.05, 3.63) is 23.9 Å². The highest BCUT2D eigenvalue weighted by Gasteiger charge is 2.39. The molecule has 0 saturated carbocycles. The first-order chi connectivity index (χ1) is 13.9. The molecule has 3 heterocycles. The molecule has 2 saturated heterocycles. The van der Waals surface area contributed by atoms with E-state index in [0.717, 1.165) is 6.07 Å². The fourth-order valence-corrected chi connectivity index (χ4v) is 3.43. The predicted molar refractivity (Wildman–Crippen MR) is 101 cm³/mol. The summed E-state index contributed by atoms with van der Waals surface area (Å²) in [5, 5.41) is 0. The summed E-state index contributed by atoms with van der Waals surface area (Å²) < 4.78 is 49.1. The molecule has 2 aliphatic rings. The Kier molecular flexibility index (Phi) is 6.14. The molecule has 10 heteroatoms. The summed E-state index contributed by atoms with van der Waals surface area (Å²) in [4.78, 5) is 31.6. The number of alkyl halides is 3. The van der Waals surface area contributed by atoms with Gasteiger partial charge in [0.2, 0.25) is 11.8 Å². The number of carbonyl (C=O) groups excluding carboxylic acids is 2. The average Bonchev–Trinajstić information content (AvgIpc) is 2.62. The molecule has 166 valence electrons. The second-order valence-corrected chi connectivity index (χ2v) is 8.61. The van der Waals surface area contributed by atoms with Gasteiger partial charge < -0.3 is 19.3 Å². The molecule has 1 aromatic rings. The molecule has 30 heavy (non-hydrogen) atoms. The minimum absolute atomic E-state index is 0.0832. The van der Waals surface area contributed by atoms with Crippen LogP contribution in [0.2, 0.25) is 0 Å². The molecule has 0 aromatic carbocycles. The molecule has 0 radical (unpaired) electrons. The van der Waals surface area contributed by atoms with Crippen molar-refractivity contribution in [3.63, 3.8) is 0 Å². The van der Waals surface area contributed by atoms with Gasteiger partial charge in [0.05, 0.1) is 19.0 Å². The molecule has 7 nitrogen and oxygen atoms in total. The number of nitrogens with zero attached hydrogens (tertiary/aromatic N) is 3. The minimum Gasteiger partial charge on any atom is -0.471 e. The van der Waals surface area contributed by atoms with Gasteiger partial charge >= 0.3 is 12.3 Å². The smallest absolute Gasteiger partial charge is 0.433 e. The lowest BCUT2D eigenvalue weighted by Gasteiger charge is -2.42. The van der Waals surface area contributed by atoms with E-state index in [4.69, 9.17) is 9.47 Å². The molecular formula is C20H26F3N3O4. The van der Waals surface area contributed by atoms with Crippen LogP contribution in [0.25, 0.3) is 0 Å². The van der Waals surface area contributed by atoms with Crippen molar-refractivity contribution in [3.8, 4) is 5.88 Å². The van der Waals surface area contributed by atoms with Crippen molar-refractivity contribution in [2.24, 2.45) is 5.92 Å². The summed E-state index contributed by atoms with van der Waals surface area (Å²) in [6.07, 6.45) is -3.99. The van der Waals surface area contributed by atoms with E-state index < -0.39 is 29.7 Å². The number of hydrogen-bond donors (Lipinski definition) is 0. The number of halogens is 3. The number of carbonyl (C=O) groups is 2. The molecule has 0 bridgehead atoms. The van der Waals surface area contributed by atoms with Crippen LogP contribution in [0, 0.1) is 5.92 Å². The Bertz CT molecular complexity index is 788. The van der Waals surface area contributed by atoms with E-state index in [0.29, 0.717) is 25.9 Å². The number of ether oxygens (including phenoxy) is 2. The topological polar surface area (TPSA) is 72.0 Å². The van der Waals surface area contributed by atoms with Crippen molar-refractivity contribution in [2.45, 2.75) is 51.5 Å². The van der Waals surface area contributed by atoms with E-state index in [1.54, 1.807) is 30.6 Å². The third-order valence-electron chi connectivity index (χ3n) is 4.88. The zero-order valence-electron chi connectivity index (χ0n) is 17.2. The maximum absolute atomic E-state index is 12.7. The van der Waals surface area contributed by atoms with Crippen molar-refractivity contribution in [2.75, 3.05) is 26.2 Å². The zero-order valence-corrected chi connectivity index (χ0v) is 17.2.